The summed E-state index contributed by atoms with van der Waals surface area (Å²) in [6, 6.07) is 7.39. The molecule has 0 aliphatic carbocycles. The minimum Gasteiger partial charge on any atom is -0.381 e. The standard InChI is InChI=1S/C13H18N2/c1-2-10-5-3-7-12-13(10)15-8-4-6-11(15)9-14-12/h3,5,7,11,14H,2,4,6,8-9H2,1H3. The Hall–Kier alpha value is -1.18. The summed E-state index contributed by atoms with van der Waals surface area (Å²) in [4.78, 5) is 2.62. The third-order valence-electron chi connectivity index (χ3n) is 3.69. The zero-order valence-corrected chi connectivity index (χ0v) is 9.29. The first-order chi connectivity index (χ1) is 7.40. The van der Waals surface area contributed by atoms with Crippen molar-refractivity contribution in [2.45, 2.75) is 32.2 Å². The molecule has 1 aromatic carbocycles. The number of para-hydroxylation sites is 1. The summed E-state index contributed by atoms with van der Waals surface area (Å²) in [6.07, 6.45) is 3.84. The van der Waals surface area contributed by atoms with Crippen LogP contribution in [-0.2, 0) is 6.42 Å². The molecule has 0 amide bonds. The maximum absolute atomic E-state index is 3.57. The maximum Gasteiger partial charge on any atom is 0.0637 e. The summed E-state index contributed by atoms with van der Waals surface area (Å²) in [5, 5.41) is 3.57. The average molecular weight is 202 g/mol. The average Bonchev–Trinajstić information content (AvgIpc) is 2.76. The van der Waals surface area contributed by atoms with Crippen LogP contribution >= 0.6 is 0 Å². The number of nitrogens with one attached hydrogen (secondary N) is 1. The Morgan fingerprint density at radius 1 is 1.47 bits per heavy atom. The van der Waals surface area contributed by atoms with Gasteiger partial charge in [0.25, 0.3) is 0 Å². The van der Waals surface area contributed by atoms with Gasteiger partial charge < -0.3 is 10.2 Å². The first-order valence-corrected chi connectivity index (χ1v) is 6.02. The normalized spacial score (nSPS) is 23.3. The first-order valence-electron chi connectivity index (χ1n) is 6.02. The highest BCUT2D eigenvalue weighted by atomic mass is 15.2. The van der Waals surface area contributed by atoms with Gasteiger partial charge in [-0.1, -0.05) is 19.1 Å². The Labute approximate surface area is 91.3 Å². The fourth-order valence-electron chi connectivity index (χ4n) is 2.93. The van der Waals surface area contributed by atoms with Gasteiger partial charge in [0, 0.05) is 19.1 Å². The van der Waals surface area contributed by atoms with Crippen molar-refractivity contribution in [2.24, 2.45) is 0 Å². The van der Waals surface area contributed by atoms with Crippen molar-refractivity contribution < 1.29 is 0 Å². The molecular weight excluding hydrogens is 184 g/mol. The van der Waals surface area contributed by atoms with Crippen LogP contribution in [0.1, 0.15) is 25.3 Å². The van der Waals surface area contributed by atoms with Crippen molar-refractivity contribution in [1.82, 2.24) is 0 Å². The van der Waals surface area contributed by atoms with E-state index < -0.39 is 0 Å². The van der Waals surface area contributed by atoms with E-state index in [1.54, 1.807) is 0 Å². The molecule has 0 saturated carbocycles. The van der Waals surface area contributed by atoms with Crippen molar-refractivity contribution in [2.75, 3.05) is 23.3 Å². The van der Waals surface area contributed by atoms with Gasteiger partial charge >= 0.3 is 0 Å². The molecule has 2 nitrogen and oxygen atoms in total. The van der Waals surface area contributed by atoms with E-state index in [0.717, 1.165) is 19.0 Å². The second-order valence-corrected chi connectivity index (χ2v) is 4.54. The highest BCUT2D eigenvalue weighted by Gasteiger charge is 2.30. The van der Waals surface area contributed by atoms with Gasteiger partial charge in [-0.3, -0.25) is 0 Å². The zero-order valence-electron chi connectivity index (χ0n) is 9.29. The minimum atomic E-state index is 0.741. The molecular formula is C13H18N2. The van der Waals surface area contributed by atoms with Crippen LogP contribution in [0.15, 0.2) is 18.2 Å². The van der Waals surface area contributed by atoms with E-state index in [4.69, 9.17) is 0 Å². The van der Waals surface area contributed by atoms with Gasteiger partial charge in [-0.05, 0) is 30.9 Å². The van der Waals surface area contributed by atoms with Gasteiger partial charge in [0.1, 0.15) is 0 Å². The van der Waals surface area contributed by atoms with Crippen LogP contribution in [0.2, 0.25) is 0 Å². The van der Waals surface area contributed by atoms with Gasteiger partial charge in [-0.2, -0.15) is 0 Å². The molecule has 80 valence electrons. The lowest BCUT2D eigenvalue weighted by atomic mass is 10.0. The van der Waals surface area contributed by atoms with Crippen LogP contribution < -0.4 is 10.2 Å². The monoisotopic (exact) mass is 202 g/mol. The zero-order chi connectivity index (χ0) is 10.3. The lowest BCUT2D eigenvalue weighted by Gasteiger charge is -2.36. The Kier molecular flexibility index (Phi) is 2.08. The van der Waals surface area contributed by atoms with Crippen molar-refractivity contribution in [3.8, 4) is 0 Å². The van der Waals surface area contributed by atoms with Crippen molar-refractivity contribution in [3.63, 3.8) is 0 Å². The third-order valence-corrected chi connectivity index (χ3v) is 3.69. The number of anilines is 2. The number of rotatable bonds is 1. The van der Waals surface area contributed by atoms with E-state index in [2.05, 4.69) is 35.3 Å². The van der Waals surface area contributed by atoms with E-state index >= 15 is 0 Å². The molecule has 1 fully saturated rings. The Bertz CT molecular complexity index is 359. The number of aryl methyl sites for hydroxylation is 1. The number of nitrogens with zero attached hydrogens (tertiary/aromatic N) is 1. The van der Waals surface area contributed by atoms with Crippen LogP contribution in [0.25, 0.3) is 0 Å². The maximum atomic E-state index is 3.57. The fourth-order valence-corrected chi connectivity index (χ4v) is 2.93. The van der Waals surface area contributed by atoms with Crippen molar-refractivity contribution in [1.29, 1.82) is 0 Å². The fraction of sp³-hybridized carbons (Fsp3) is 0.538. The molecule has 2 aliphatic rings. The smallest absolute Gasteiger partial charge is 0.0637 e. The second-order valence-electron chi connectivity index (χ2n) is 4.54. The molecule has 3 rings (SSSR count). The van der Waals surface area contributed by atoms with Gasteiger partial charge in [0.2, 0.25) is 0 Å². The summed E-state index contributed by atoms with van der Waals surface area (Å²) in [7, 11) is 0. The molecule has 15 heavy (non-hydrogen) atoms. The molecule has 0 spiro atoms. The number of hydrogen-bond acceptors (Lipinski definition) is 2. The quantitative estimate of drug-likeness (QED) is 0.753. The second kappa shape index (κ2) is 3.44. The molecule has 0 radical (unpaired) electrons. The summed E-state index contributed by atoms with van der Waals surface area (Å²) in [5.74, 6) is 0. The third kappa shape index (κ3) is 1.31. The lowest BCUT2D eigenvalue weighted by Crippen LogP contribution is -2.39. The Morgan fingerprint density at radius 3 is 3.27 bits per heavy atom. The molecule has 1 atom stereocenters. The molecule has 2 aliphatic heterocycles. The van der Waals surface area contributed by atoms with E-state index in [9.17, 15) is 0 Å². The molecule has 2 heteroatoms. The van der Waals surface area contributed by atoms with Crippen LogP contribution in [0, 0.1) is 0 Å². The summed E-state index contributed by atoms with van der Waals surface area (Å²) >= 11 is 0. The van der Waals surface area contributed by atoms with Gasteiger partial charge in [0.05, 0.1) is 11.4 Å². The highest BCUT2D eigenvalue weighted by Crippen LogP contribution is 2.38. The predicted octanol–water partition coefficient (Wildman–Crippen LogP) is 2.64. The SMILES string of the molecule is CCc1cccc2c1N1CCCC1CN2. The van der Waals surface area contributed by atoms with E-state index in [-0.39, 0.29) is 0 Å². The first kappa shape index (κ1) is 9.08. The lowest BCUT2D eigenvalue weighted by molar-refractivity contribution is 0.680. The molecule has 1 saturated heterocycles. The van der Waals surface area contributed by atoms with Crippen LogP contribution in [-0.4, -0.2) is 19.1 Å². The minimum absolute atomic E-state index is 0.741. The predicted molar refractivity (Wildman–Crippen MR) is 64.7 cm³/mol. The molecule has 0 aromatic heterocycles. The molecule has 2 heterocycles. The summed E-state index contributed by atoms with van der Waals surface area (Å²) in [6.45, 7) is 4.62. The van der Waals surface area contributed by atoms with E-state index in [0.29, 0.717) is 0 Å². The van der Waals surface area contributed by atoms with Crippen LogP contribution in [0.3, 0.4) is 0 Å². The Morgan fingerprint density at radius 2 is 2.40 bits per heavy atom. The van der Waals surface area contributed by atoms with Crippen molar-refractivity contribution >= 4 is 11.4 Å². The largest absolute Gasteiger partial charge is 0.381 e. The van der Waals surface area contributed by atoms with Gasteiger partial charge in [-0.25, -0.2) is 0 Å². The molecule has 1 aromatic rings. The van der Waals surface area contributed by atoms with Crippen LogP contribution in [0.4, 0.5) is 11.4 Å². The van der Waals surface area contributed by atoms with Gasteiger partial charge in [-0.15, -0.1) is 0 Å². The molecule has 1 unspecified atom stereocenters. The number of fused-ring (bicyclic) bond motifs is 3. The highest BCUT2D eigenvalue weighted by molar-refractivity contribution is 5.76. The summed E-state index contributed by atoms with van der Waals surface area (Å²) < 4.78 is 0. The van der Waals surface area contributed by atoms with E-state index in [1.807, 2.05) is 0 Å². The molecule has 0 bridgehead atoms. The number of benzene rings is 1. The van der Waals surface area contributed by atoms with Gasteiger partial charge in [0.15, 0.2) is 0 Å². The molecule has 1 N–H and O–H groups in total. The number of hydrogen-bond donors (Lipinski definition) is 1. The van der Waals surface area contributed by atoms with Crippen LogP contribution in [0.5, 0.6) is 0 Å². The van der Waals surface area contributed by atoms with Crippen molar-refractivity contribution in [3.05, 3.63) is 23.8 Å². The Balaban J connectivity index is 2.10. The summed E-state index contributed by atoms with van der Waals surface area (Å²) in [5.41, 5.74) is 4.31. The van der Waals surface area contributed by atoms with E-state index in [1.165, 1.54) is 36.3 Å². The topological polar surface area (TPSA) is 15.3 Å².